The SMILES string of the molecule is Cc1noc(CN(C)C2CN(c3cc4c(nn3)CCCC4)C2)n1. The van der Waals surface area contributed by atoms with Gasteiger partial charge in [-0.05, 0) is 51.3 Å². The fourth-order valence-corrected chi connectivity index (χ4v) is 3.30. The topological polar surface area (TPSA) is 71.2 Å². The second kappa shape index (κ2) is 5.88. The number of hydrogen-bond acceptors (Lipinski definition) is 7. The van der Waals surface area contributed by atoms with Crippen LogP contribution in [0.25, 0.3) is 0 Å². The Balaban J connectivity index is 1.35. The molecule has 3 heterocycles. The molecule has 1 fully saturated rings. The van der Waals surface area contributed by atoms with Gasteiger partial charge in [-0.15, -0.1) is 5.10 Å². The van der Waals surface area contributed by atoms with E-state index in [2.05, 4.69) is 43.3 Å². The Labute approximate surface area is 135 Å². The summed E-state index contributed by atoms with van der Waals surface area (Å²) in [6.45, 7) is 4.47. The largest absolute Gasteiger partial charge is 0.352 e. The van der Waals surface area contributed by atoms with E-state index in [1.165, 1.54) is 24.1 Å². The van der Waals surface area contributed by atoms with Crippen LogP contribution in [-0.2, 0) is 19.4 Å². The first-order chi connectivity index (χ1) is 11.2. The molecule has 1 aliphatic heterocycles. The first-order valence-corrected chi connectivity index (χ1v) is 8.29. The smallest absolute Gasteiger partial charge is 0.240 e. The van der Waals surface area contributed by atoms with Crippen LogP contribution in [0.4, 0.5) is 5.82 Å². The molecule has 2 aliphatic rings. The van der Waals surface area contributed by atoms with Gasteiger partial charge >= 0.3 is 0 Å². The van der Waals surface area contributed by atoms with E-state index in [0.717, 1.165) is 31.7 Å². The van der Waals surface area contributed by atoms with Crippen molar-refractivity contribution in [3.8, 4) is 0 Å². The van der Waals surface area contributed by atoms with Gasteiger partial charge in [0, 0.05) is 19.1 Å². The van der Waals surface area contributed by atoms with Gasteiger partial charge in [-0.25, -0.2) is 0 Å². The van der Waals surface area contributed by atoms with Crippen molar-refractivity contribution < 1.29 is 4.52 Å². The molecule has 2 aromatic heterocycles. The molecule has 23 heavy (non-hydrogen) atoms. The molecule has 2 aromatic rings. The van der Waals surface area contributed by atoms with Crippen LogP contribution >= 0.6 is 0 Å². The molecule has 0 spiro atoms. The summed E-state index contributed by atoms with van der Waals surface area (Å²) in [5.41, 5.74) is 2.58. The fraction of sp³-hybridized carbons (Fsp3) is 0.625. The normalized spacial score (nSPS) is 18.1. The molecule has 0 radical (unpaired) electrons. The van der Waals surface area contributed by atoms with E-state index in [-0.39, 0.29) is 0 Å². The number of nitrogens with zero attached hydrogens (tertiary/aromatic N) is 6. The number of anilines is 1. The minimum Gasteiger partial charge on any atom is -0.352 e. The molecule has 7 nitrogen and oxygen atoms in total. The first kappa shape index (κ1) is 14.6. The van der Waals surface area contributed by atoms with Crippen LogP contribution in [0, 0.1) is 6.92 Å². The summed E-state index contributed by atoms with van der Waals surface area (Å²) in [5.74, 6) is 2.38. The summed E-state index contributed by atoms with van der Waals surface area (Å²) in [6.07, 6.45) is 4.74. The second-order valence-electron chi connectivity index (χ2n) is 6.59. The molecule has 0 saturated carbocycles. The molecule has 0 bridgehead atoms. The average molecular weight is 314 g/mol. The molecule has 0 amide bonds. The van der Waals surface area contributed by atoms with Gasteiger partial charge in [0.1, 0.15) is 0 Å². The Morgan fingerprint density at radius 1 is 1.26 bits per heavy atom. The van der Waals surface area contributed by atoms with Crippen molar-refractivity contribution in [2.45, 2.75) is 45.2 Å². The van der Waals surface area contributed by atoms with Gasteiger partial charge in [0.2, 0.25) is 5.89 Å². The summed E-state index contributed by atoms with van der Waals surface area (Å²) in [6, 6.07) is 2.72. The third kappa shape index (κ3) is 2.93. The number of likely N-dealkylation sites (N-methyl/N-ethyl adjacent to an activating group) is 1. The zero-order valence-electron chi connectivity index (χ0n) is 13.7. The Morgan fingerprint density at radius 2 is 2.09 bits per heavy atom. The Kier molecular flexibility index (Phi) is 3.72. The van der Waals surface area contributed by atoms with E-state index >= 15 is 0 Å². The zero-order valence-corrected chi connectivity index (χ0v) is 13.7. The van der Waals surface area contributed by atoms with Gasteiger partial charge < -0.3 is 9.42 Å². The Morgan fingerprint density at radius 3 is 2.87 bits per heavy atom. The van der Waals surface area contributed by atoms with Crippen molar-refractivity contribution in [2.75, 3.05) is 25.0 Å². The van der Waals surface area contributed by atoms with Crippen molar-refractivity contribution >= 4 is 5.82 Å². The van der Waals surface area contributed by atoms with Gasteiger partial charge in [-0.3, -0.25) is 4.90 Å². The van der Waals surface area contributed by atoms with Crippen LogP contribution in [0.3, 0.4) is 0 Å². The summed E-state index contributed by atoms with van der Waals surface area (Å²) in [5, 5.41) is 12.7. The maximum Gasteiger partial charge on any atom is 0.240 e. The van der Waals surface area contributed by atoms with E-state index in [1.807, 2.05) is 6.92 Å². The van der Waals surface area contributed by atoms with Gasteiger partial charge in [0.15, 0.2) is 11.6 Å². The van der Waals surface area contributed by atoms with Crippen LogP contribution in [0.2, 0.25) is 0 Å². The number of hydrogen-bond donors (Lipinski definition) is 0. The van der Waals surface area contributed by atoms with Crippen molar-refractivity contribution in [1.29, 1.82) is 0 Å². The molecular formula is C16H22N6O. The highest BCUT2D eigenvalue weighted by atomic mass is 16.5. The van der Waals surface area contributed by atoms with E-state index in [0.29, 0.717) is 24.3 Å². The second-order valence-corrected chi connectivity index (χ2v) is 6.59. The van der Waals surface area contributed by atoms with Crippen LogP contribution in [0.1, 0.15) is 35.8 Å². The minimum atomic E-state index is 0.486. The third-order valence-corrected chi connectivity index (χ3v) is 4.82. The summed E-state index contributed by atoms with van der Waals surface area (Å²) in [7, 11) is 2.10. The average Bonchev–Trinajstić information content (AvgIpc) is 2.90. The number of fused-ring (bicyclic) bond motifs is 1. The Hall–Kier alpha value is -2.02. The third-order valence-electron chi connectivity index (χ3n) is 4.82. The first-order valence-electron chi connectivity index (χ1n) is 8.29. The molecule has 1 saturated heterocycles. The summed E-state index contributed by atoms with van der Waals surface area (Å²) in [4.78, 5) is 8.81. The number of aromatic nitrogens is 4. The maximum absolute atomic E-state index is 5.19. The standard InChI is InChI=1S/C16H22N6O/c1-11-17-16(23-20-11)10-21(2)13-8-22(9-13)15-7-12-5-3-4-6-14(12)18-19-15/h7,13H,3-6,8-10H2,1-2H3. The molecule has 4 rings (SSSR count). The van der Waals surface area contributed by atoms with Crippen molar-refractivity contribution in [3.05, 3.63) is 29.0 Å². The predicted molar refractivity (Wildman–Crippen MR) is 85.2 cm³/mol. The molecule has 0 N–H and O–H groups in total. The van der Waals surface area contributed by atoms with Gasteiger partial charge in [0.25, 0.3) is 0 Å². The predicted octanol–water partition coefficient (Wildman–Crippen LogP) is 1.37. The lowest BCUT2D eigenvalue weighted by atomic mass is 9.96. The van der Waals surface area contributed by atoms with E-state index in [9.17, 15) is 0 Å². The van der Waals surface area contributed by atoms with Crippen LogP contribution in [0.15, 0.2) is 10.6 Å². The van der Waals surface area contributed by atoms with Crippen LogP contribution < -0.4 is 4.90 Å². The highest BCUT2D eigenvalue weighted by Crippen LogP contribution is 2.26. The highest BCUT2D eigenvalue weighted by molar-refractivity contribution is 5.45. The number of aryl methyl sites for hydroxylation is 3. The van der Waals surface area contributed by atoms with Crippen molar-refractivity contribution in [3.63, 3.8) is 0 Å². The van der Waals surface area contributed by atoms with Gasteiger partial charge in [-0.2, -0.15) is 10.1 Å². The quantitative estimate of drug-likeness (QED) is 0.844. The molecule has 1 aliphatic carbocycles. The van der Waals surface area contributed by atoms with Crippen molar-refractivity contribution in [2.24, 2.45) is 0 Å². The molecule has 0 aromatic carbocycles. The molecule has 0 atom stereocenters. The van der Waals surface area contributed by atoms with Gasteiger partial charge in [-0.1, -0.05) is 5.16 Å². The zero-order chi connectivity index (χ0) is 15.8. The molecule has 7 heteroatoms. The maximum atomic E-state index is 5.19. The lowest BCUT2D eigenvalue weighted by molar-refractivity contribution is 0.174. The van der Waals surface area contributed by atoms with Gasteiger partial charge in [0.05, 0.1) is 12.2 Å². The summed E-state index contributed by atoms with van der Waals surface area (Å²) >= 11 is 0. The highest BCUT2D eigenvalue weighted by Gasteiger charge is 2.32. The lowest BCUT2D eigenvalue weighted by Crippen LogP contribution is -2.58. The lowest BCUT2D eigenvalue weighted by Gasteiger charge is -2.44. The van der Waals surface area contributed by atoms with Crippen LogP contribution in [0.5, 0.6) is 0 Å². The molecule has 122 valence electrons. The fourth-order valence-electron chi connectivity index (χ4n) is 3.30. The number of rotatable bonds is 4. The molecule has 0 unspecified atom stereocenters. The minimum absolute atomic E-state index is 0.486. The molecular weight excluding hydrogens is 292 g/mol. The van der Waals surface area contributed by atoms with E-state index < -0.39 is 0 Å². The summed E-state index contributed by atoms with van der Waals surface area (Å²) < 4.78 is 5.19. The van der Waals surface area contributed by atoms with Crippen molar-refractivity contribution in [1.82, 2.24) is 25.2 Å². The van der Waals surface area contributed by atoms with Crippen LogP contribution in [-0.4, -0.2) is 51.4 Å². The monoisotopic (exact) mass is 314 g/mol. The van der Waals surface area contributed by atoms with E-state index in [1.54, 1.807) is 0 Å². The Bertz CT molecular complexity index is 694. The van der Waals surface area contributed by atoms with E-state index in [4.69, 9.17) is 4.52 Å².